The smallest absolute Gasteiger partial charge is 0.173 e. The molecule has 0 amide bonds. The summed E-state index contributed by atoms with van der Waals surface area (Å²) < 4.78 is 27.2. The van der Waals surface area contributed by atoms with Crippen LogP contribution in [-0.2, 0) is 6.42 Å². The minimum Gasteiger partial charge on any atom is -0.294 e. The van der Waals surface area contributed by atoms with Crippen molar-refractivity contribution in [3.63, 3.8) is 0 Å². The van der Waals surface area contributed by atoms with E-state index in [0.717, 1.165) is 6.07 Å². The molecule has 0 unspecified atom stereocenters. The van der Waals surface area contributed by atoms with Gasteiger partial charge in [0.05, 0.1) is 5.56 Å². The molecule has 0 radical (unpaired) electrons. The van der Waals surface area contributed by atoms with Gasteiger partial charge < -0.3 is 0 Å². The number of aryl methyl sites for hydroxylation is 1. The Kier molecular flexibility index (Phi) is 3.46. The number of carbonyl (C=O) groups excluding carboxylic acids is 1. The maximum absolute atomic E-state index is 13.7. The van der Waals surface area contributed by atoms with Gasteiger partial charge in [0.1, 0.15) is 11.6 Å². The Hall–Kier alpha value is -2.10. The maximum atomic E-state index is 13.7. The number of pyridine rings is 1. The first-order chi connectivity index (χ1) is 8.59. The highest BCUT2D eigenvalue weighted by atomic mass is 19.1. The van der Waals surface area contributed by atoms with Crippen LogP contribution in [-0.4, -0.2) is 10.8 Å². The van der Waals surface area contributed by atoms with Gasteiger partial charge in [0, 0.05) is 18.8 Å². The molecule has 0 N–H and O–H groups in total. The summed E-state index contributed by atoms with van der Waals surface area (Å²) in [6, 6.07) is 5.78. The predicted octanol–water partition coefficient (Wildman–Crippen LogP) is 3.09. The SMILES string of the molecule is Cc1ccc(F)c(C(=O)Cc2cccnc2)c1F. The molecule has 1 aromatic carbocycles. The van der Waals surface area contributed by atoms with Crippen molar-refractivity contribution in [2.45, 2.75) is 13.3 Å². The molecule has 0 saturated carbocycles. The molecular formula is C14H11F2NO. The monoisotopic (exact) mass is 247 g/mol. The van der Waals surface area contributed by atoms with Gasteiger partial charge in [0.25, 0.3) is 0 Å². The topological polar surface area (TPSA) is 30.0 Å². The van der Waals surface area contributed by atoms with Crippen molar-refractivity contribution in [3.8, 4) is 0 Å². The number of Topliss-reactive ketones (excluding diaryl/α,β-unsaturated/α-hetero) is 1. The van der Waals surface area contributed by atoms with Crippen molar-refractivity contribution in [3.05, 3.63) is 65.0 Å². The number of halogens is 2. The third-order valence-corrected chi connectivity index (χ3v) is 2.65. The minimum absolute atomic E-state index is 0.0644. The molecule has 92 valence electrons. The molecule has 4 heteroatoms. The summed E-state index contributed by atoms with van der Waals surface area (Å²) in [6.07, 6.45) is 3.01. The Bertz CT molecular complexity index is 582. The molecule has 2 nitrogen and oxygen atoms in total. The second-order valence-corrected chi connectivity index (χ2v) is 4.01. The van der Waals surface area contributed by atoms with Crippen LogP contribution < -0.4 is 0 Å². The zero-order chi connectivity index (χ0) is 13.1. The maximum Gasteiger partial charge on any atom is 0.173 e. The lowest BCUT2D eigenvalue weighted by Crippen LogP contribution is -2.10. The first-order valence-corrected chi connectivity index (χ1v) is 5.46. The summed E-state index contributed by atoms with van der Waals surface area (Å²) in [6.45, 7) is 1.50. The number of benzene rings is 1. The molecule has 0 fully saturated rings. The van der Waals surface area contributed by atoms with Crippen molar-refractivity contribution < 1.29 is 13.6 Å². The number of ketones is 1. The summed E-state index contributed by atoms with van der Waals surface area (Å²) >= 11 is 0. The van der Waals surface area contributed by atoms with E-state index in [2.05, 4.69) is 4.98 Å². The Balaban J connectivity index is 2.33. The standard InChI is InChI=1S/C14H11F2NO/c1-9-4-5-11(15)13(14(9)16)12(18)7-10-3-2-6-17-8-10/h2-6,8H,7H2,1H3. The molecule has 1 heterocycles. The molecule has 18 heavy (non-hydrogen) atoms. The minimum atomic E-state index is -0.827. The van der Waals surface area contributed by atoms with E-state index in [4.69, 9.17) is 0 Å². The van der Waals surface area contributed by atoms with Crippen LogP contribution in [0.2, 0.25) is 0 Å². The second-order valence-electron chi connectivity index (χ2n) is 4.01. The normalized spacial score (nSPS) is 10.4. The fraction of sp³-hybridized carbons (Fsp3) is 0.143. The van der Waals surface area contributed by atoms with Gasteiger partial charge in [-0.15, -0.1) is 0 Å². The first kappa shape index (κ1) is 12.4. The lowest BCUT2D eigenvalue weighted by atomic mass is 10.0. The lowest BCUT2D eigenvalue weighted by Gasteiger charge is -2.06. The Morgan fingerprint density at radius 3 is 2.72 bits per heavy atom. The van der Waals surface area contributed by atoms with Gasteiger partial charge in [0.15, 0.2) is 5.78 Å². The molecular weight excluding hydrogens is 236 g/mol. The van der Waals surface area contributed by atoms with E-state index < -0.39 is 23.0 Å². The van der Waals surface area contributed by atoms with Crippen LogP contribution in [0.3, 0.4) is 0 Å². The van der Waals surface area contributed by atoms with E-state index in [0.29, 0.717) is 5.56 Å². The average molecular weight is 247 g/mol. The average Bonchev–Trinajstić information content (AvgIpc) is 2.36. The van der Waals surface area contributed by atoms with Gasteiger partial charge in [-0.25, -0.2) is 8.78 Å². The molecule has 0 saturated heterocycles. The molecule has 0 bridgehead atoms. The highest BCUT2D eigenvalue weighted by molar-refractivity contribution is 5.98. The summed E-state index contributed by atoms with van der Waals surface area (Å²) in [4.78, 5) is 15.8. The number of rotatable bonds is 3. The van der Waals surface area contributed by atoms with E-state index in [1.807, 2.05) is 0 Å². The molecule has 0 aliphatic heterocycles. The van der Waals surface area contributed by atoms with Gasteiger partial charge in [0.2, 0.25) is 0 Å². The molecule has 0 spiro atoms. The number of hydrogen-bond acceptors (Lipinski definition) is 2. The zero-order valence-electron chi connectivity index (χ0n) is 9.78. The quantitative estimate of drug-likeness (QED) is 0.780. The zero-order valence-corrected chi connectivity index (χ0v) is 9.78. The van der Waals surface area contributed by atoms with E-state index >= 15 is 0 Å². The fourth-order valence-corrected chi connectivity index (χ4v) is 1.69. The molecule has 2 aromatic rings. The second kappa shape index (κ2) is 5.04. The van der Waals surface area contributed by atoms with E-state index in [9.17, 15) is 13.6 Å². The highest BCUT2D eigenvalue weighted by Crippen LogP contribution is 2.18. The summed E-state index contributed by atoms with van der Waals surface area (Å²) in [7, 11) is 0. The highest BCUT2D eigenvalue weighted by Gasteiger charge is 2.19. The molecule has 2 rings (SSSR count). The third-order valence-electron chi connectivity index (χ3n) is 2.65. The van der Waals surface area contributed by atoms with Crippen LogP contribution in [0.1, 0.15) is 21.5 Å². The number of nitrogens with zero attached hydrogens (tertiary/aromatic N) is 1. The molecule has 0 atom stereocenters. The largest absolute Gasteiger partial charge is 0.294 e. The molecule has 0 aliphatic carbocycles. The van der Waals surface area contributed by atoms with Gasteiger partial charge >= 0.3 is 0 Å². The third kappa shape index (κ3) is 2.42. The van der Waals surface area contributed by atoms with Gasteiger partial charge in [-0.2, -0.15) is 0 Å². The summed E-state index contributed by atoms with van der Waals surface area (Å²) in [5, 5.41) is 0. The Morgan fingerprint density at radius 2 is 2.06 bits per heavy atom. The number of hydrogen-bond donors (Lipinski definition) is 0. The van der Waals surface area contributed by atoms with Crippen molar-refractivity contribution >= 4 is 5.78 Å². The lowest BCUT2D eigenvalue weighted by molar-refractivity contribution is 0.0984. The number of carbonyl (C=O) groups is 1. The van der Waals surface area contributed by atoms with Crippen LogP contribution in [0.4, 0.5) is 8.78 Å². The molecule has 1 aromatic heterocycles. The van der Waals surface area contributed by atoms with Crippen molar-refractivity contribution in [1.29, 1.82) is 0 Å². The van der Waals surface area contributed by atoms with E-state index in [-0.39, 0.29) is 12.0 Å². The Labute approximate surface area is 103 Å². The predicted molar refractivity (Wildman–Crippen MR) is 63.4 cm³/mol. The van der Waals surface area contributed by atoms with Crippen LogP contribution in [0, 0.1) is 18.6 Å². The van der Waals surface area contributed by atoms with Gasteiger partial charge in [-0.3, -0.25) is 9.78 Å². The Morgan fingerprint density at radius 1 is 1.28 bits per heavy atom. The van der Waals surface area contributed by atoms with Gasteiger partial charge in [-0.1, -0.05) is 12.1 Å². The van der Waals surface area contributed by atoms with Crippen molar-refractivity contribution in [2.24, 2.45) is 0 Å². The molecule has 0 aliphatic rings. The van der Waals surface area contributed by atoms with Crippen molar-refractivity contribution in [1.82, 2.24) is 4.98 Å². The fourth-order valence-electron chi connectivity index (χ4n) is 1.69. The van der Waals surface area contributed by atoms with Crippen LogP contribution in [0.5, 0.6) is 0 Å². The van der Waals surface area contributed by atoms with E-state index in [1.165, 1.54) is 19.2 Å². The summed E-state index contributed by atoms with van der Waals surface area (Å²) in [5.74, 6) is -2.20. The number of aromatic nitrogens is 1. The first-order valence-electron chi connectivity index (χ1n) is 5.46. The van der Waals surface area contributed by atoms with E-state index in [1.54, 1.807) is 18.3 Å². The van der Waals surface area contributed by atoms with Crippen LogP contribution in [0.15, 0.2) is 36.7 Å². The summed E-state index contributed by atoms with van der Waals surface area (Å²) in [5.41, 5.74) is 0.410. The van der Waals surface area contributed by atoms with Gasteiger partial charge in [-0.05, 0) is 30.2 Å². The van der Waals surface area contributed by atoms with Crippen molar-refractivity contribution in [2.75, 3.05) is 0 Å². The van der Waals surface area contributed by atoms with Crippen LogP contribution in [0.25, 0.3) is 0 Å². The van der Waals surface area contributed by atoms with Crippen LogP contribution >= 0.6 is 0 Å².